The van der Waals surface area contributed by atoms with E-state index in [9.17, 15) is 0 Å². The highest BCUT2D eigenvalue weighted by molar-refractivity contribution is 9.10. The van der Waals surface area contributed by atoms with Crippen molar-refractivity contribution in [3.05, 3.63) is 28.2 Å². The Morgan fingerprint density at radius 1 is 1.44 bits per heavy atom. The van der Waals surface area contributed by atoms with E-state index in [-0.39, 0.29) is 0 Å². The molecule has 0 spiro atoms. The van der Waals surface area contributed by atoms with Gasteiger partial charge in [-0.1, -0.05) is 22.4 Å². The second-order valence-corrected chi connectivity index (χ2v) is 6.25. The second kappa shape index (κ2) is 6.58. The first kappa shape index (κ1) is 13.9. The van der Waals surface area contributed by atoms with Crippen LogP contribution in [0.1, 0.15) is 38.2 Å². The smallest absolute Gasteiger partial charge is 0.0345 e. The fourth-order valence-electron chi connectivity index (χ4n) is 2.63. The Morgan fingerprint density at radius 2 is 2.28 bits per heavy atom. The summed E-state index contributed by atoms with van der Waals surface area (Å²) >= 11 is 3.54. The molecule has 18 heavy (non-hydrogen) atoms. The van der Waals surface area contributed by atoms with Crippen LogP contribution < -0.4 is 10.6 Å². The molecule has 1 aromatic rings. The largest absolute Gasteiger partial charge is 0.383 e. The van der Waals surface area contributed by atoms with E-state index in [1.807, 2.05) is 0 Å². The molecular weight excluding hydrogens is 288 g/mol. The Morgan fingerprint density at radius 3 is 2.94 bits per heavy atom. The number of nitrogens with one attached hydrogen (secondary N) is 2. The van der Waals surface area contributed by atoms with Gasteiger partial charge in [0, 0.05) is 22.2 Å². The Kier molecular flexibility index (Phi) is 5.07. The van der Waals surface area contributed by atoms with Gasteiger partial charge < -0.3 is 10.6 Å². The first-order valence-electron chi connectivity index (χ1n) is 6.91. The summed E-state index contributed by atoms with van der Waals surface area (Å²) in [7, 11) is 0. The van der Waals surface area contributed by atoms with Crippen molar-refractivity contribution in [1.29, 1.82) is 0 Å². The van der Waals surface area contributed by atoms with Crippen molar-refractivity contribution in [2.75, 3.05) is 11.9 Å². The zero-order valence-corrected chi connectivity index (χ0v) is 12.9. The van der Waals surface area contributed by atoms with Gasteiger partial charge >= 0.3 is 0 Å². The predicted octanol–water partition coefficient (Wildman–Crippen LogP) is 4.09. The molecule has 1 aromatic carbocycles. The van der Waals surface area contributed by atoms with Crippen LogP contribution in [0.2, 0.25) is 0 Å². The summed E-state index contributed by atoms with van der Waals surface area (Å²) in [6, 6.07) is 7.67. The topological polar surface area (TPSA) is 24.1 Å². The van der Waals surface area contributed by atoms with Crippen LogP contribution in [-0.4, -0.2) is 18.6 Å². The monoisotopic (exact) mass is 310 g/mol. The minimum atomic E-state index is 0.515. The fraction of sp³-hybridized carbons (Fsp3) is 0.600. The summed E-state index contributed by atoms with van der Waals surface area (Å²) in [5.41, 5.74) is 2.50. The summed E-state index contributed by atoms with van der Waals surface area (Å²) < 4.78 is 1.18. The van der Waals surface area contributed by atoms with Crippen molar-refractivity contribution in [3.8, 4) is 0 Å². The van der Waals surface area contributed by atoms with E-state index in [2.05, 4.69) is 58.6 Å². The molecule has 1 aliphatic rings. The van der Waals surface area contributed by atoms with E-state index in [1.54, 1.807) is 0 Å². The lowest BCUT2D eigenvalue weighted by molar-refractivity contribution is 0.371. The van der Waals surface area contributed by atoms with Crippen molar-refractivity contribution >= 4 is 21.6 Å². The van der Waals surface area contributed by atoms with Gasteiger partial charge in [-0.05, 0) is 63.4 Å². The maximum atomic E-state index is 3.61. The first-order chi connectivity index (χ1) is 8.65. The van der Waals surface area contributed by atoms with Crippen LogP contribution in [-0.2, 0) is 0 Å². The molecule has 0 saturated carbocycles. The molecule has 1 aliphatic heterocycles. The predicted molar refractivity (Wildman–Crippen MR) is 82.2 cm³/mol. The summed E-state index contributed by atoms with van der Waals surface area (Å²) in [6.45, 7) is 5.59. The number of aryl methyl sites for hydroxylation is 1. The zero-order chi connectivity index (χ0) is 13.0. The molecule has 2 rings (SSSR count). The molecule has 2 unspecified atom stereocenters. The van der Waals surface area contributed by atoms with Gasteiger partial charge in [-0.3, -0.25) is 0 Å². The Balaban J connectivity index is 1.85. The van der Waals surface area contributed by atoms with Crippen LogP contribution in [0.5, 0.6) is 0 Å². The van der Waals surface area contributed by atoms with Gasteiger partial charge in [0.2, 0.25) is 0 Å². The molecule has 0 radical (unpaired) electrons. The van der Waals surface area contributed by atoms with Crippen molar-refractivity contribution in [3.63, 3.8) is 0 Å². The molecule has 1 saturated heterocycles. The minimum Gasteiger partial charge on any atom is -0.383 e. The van der Waals surface area contributed by atoms with Crippen molar-refractivity contribution in [2.24, 2.45) is 0 Å². The van der Waals surface area contributed by atoms with Crippen LogP contribution in [0.3, 0.4) is 0 Å². The average molecular weight is 311 g/mol. The number of benzene rings is 1. The van der Waals surface area contributed by atoms with Crippen molar-refractivity contribution in [2.45, 2.75) is 51.6 Å². The Labute approximate surface area is 119 Å². The van der Waals surface area contributed by atoms with E-state index in [1.165, 1.54) is 48.0 Å². The normalized spacial score (nSPS) is 21.6. The third-order valence-corrected chi connectivity index (χ3v) is 4.51. The molecule has 1 fully saturated rings. The van der Waals surface area contributed by atoms with E-state index < -0.39 is 0 Å². The molecule has 1 heterocycles. The van der Waals surface area contributed by atoms with Gasteiger partial charge in [0.25, 0.3) is 0 Å². The summed E-state index contributed by atoms with van der Waals surface area (Å²) in [5.74, 6) is 0. The fourth-order valence-corrected chi connectivity index (χ4v) is 2.88. The van der Waals surface area contributed by atoms with Crippen LogP contribution in [0.4, 0.5) is 5.69 Å². The zero-order valence-electron chi connectivity index (χ0n) is 11.3. The lowest BCUT2D eigenvalue weighted by Gasteiger charge is -2.27. The number of hydrogen-bond acceptors (Lipinski definition) is 2. The van der Waals surface area contributed by atoms with Gasteiger partial charge in [0.1, 0.15) is 0 Å². The SMILES string of the molecule is Cc1cc(NC(C)CC2CCCCN2)ccc1Br. The maximum Gasteiger partial charge on any atom is 0.0345 e. The molecule has 2 nitrogen and oxygen atoms in total. The van der Waals surface area contributed by atoms with Crippen molar-refractivity contribution in [1.82, 2.24) is 5.32 Å². The third-order valence-electron chi connectivity index (χ3n) is 3.62. The molecule has 0 aliphatic carbocycles. The van der Waals surface area contributed by atoms with E-state index in [0.717, 1.165) is 0 Å². The average Bonchev–Trinajstić information content (AvgIpc) is 2.35. The number of anilines is 1. The van der Waals surface area contributed by atoms with E-state index >= 15 is 0 Å². The third kappa shape index (κ3) is 3.99. The lowest BCUT2D eigenvalue weighted by atomic mass is 9.98. The molecule has 2 N–H and O–H groups in total. The van der Waals surface area contributed by atoms with Crippen LogP contribution in [0.15, 0.2) is 22.7 Å². The molecule has 3 heteroatoms. The molecule has 0 aromatic heterocycles. The quantitative estimate of drug-likeness (QED) is 0.875. The Bertz CT molecular complexity index is 386. The highest BCUT2D eigenvalue weighted by Crippen LogP contribution is 2.21. The molecular formula is C15H23BrN2. The van der Waals surface area contributed by atoms with Gasteiger partial charge in [-0.25, -0.2) is 0 Å². The summed E-state index contributed by atoms with van der Waals surface area (Å²) in [4.78, 5) is 0. The summed E-state index contributed by atoms with van der Waals surface area (Å²) in [5, 5.41) is 7.21. The molecule has 0 bridgehead atoms. The molecule has 100 valence electrons. The Hall–Kier alpha value is -0.540. The lowest BCUT2D eigenvalue weighted by Crippen LogP contribution is -2.37. The van der Waals surface area contributed by atoms with E-state index in [4.69, 9.17) is 0 Å². The van der Waals surface area contributed by atoms with E-state index in [0.29, 0.717) is 12.1 Å². The van der Waals surface area contributed by atoms with Crippen molar-refractivity contribution < 1.29 is 0 Å². The molecule has 0 amide bonds. The van der Waals surface area contributed by atoms with Gasteiger partial charge in [0.05, 0.1) is 0 Å². The van der Waals surface area contributed by atoms with Crippen LogP contribution in [0, 0.1) is 6.92 Å². The highest BCUT2D eigenvalue weighted by Gasteiger charge is 2.15. The first-order valence-corrected chi connectivity index (χ1v) is 7.70. The number of hydrogen-bond donors (Lipinski definition) is 2. The van der Waals surface area contributed by atoms with Gasteiger partial charge in [-0.2, -0.15) is 0 Å². The standard InChI is InChI=1S/C15H23BrN2/c1-11-9-14(6-7-15(11)16)18-12(2)10-13-5-3-4-8-17-13/h6-7,9,12-13,17-18H,3-5,8,10H2,1-2H3. The second-order valence-electron chi connectivity index (χ2n) is 5.39. The minimum absolute atomic E-state index is 0.515. The molecule has 2 atom stereocenters. The number of rotatable bonds is 4. The highest BCUT2D eigenvalue weighted by atomic mass is 79.9. The van der Waals surface area contributed by atoms with Crippen LogP contribution >= 0.6 is 15.9 Å². The summed E-state index contributed by atoms with van der Waals surface area (Å²) in [6.07, 6.45) is 5.24. The number of halogens is 1. The van der Waals surface area contributed by atoms with Gasteiger partial charge in [0.15, 0.2) is 0 Å². The maximum absolute atomic E-state index is 3.61. The van der Waals surface area contributed by atoms with Crippen LogP contribution in [0.25, 0.3) is 0 Å². The van der Waals surface area contributed by atoms with Gasteiger partial charge in [-0.15, -0.1) is 0 Å². The number of piperidine rings is 1.